The van der Waals surface area contributed by atoms with Crippen molar-refractivity contribution in [2.75, 3.05) is 0 Å². The monoisotopic (exact) mass is 177 g/mol. The van der Waals surface area contributed by atoms with Gasteiger partial charge < -0.3 is 5.43 Å². The van der Waals surface area contributed by atoms with Gasteiger partial charge in [0.1, 0.15) is 5.84 Å². The van der Waals surface area contributed by atoms with Crippen LogP contribution < -0.4 is 11.3 Å². The molecule has 0 fully saturated rings. The minimum Gasteiger partial charge on any atom is -0.312 e. The average Bonchev–Trinajstić information content (AvgIpc) is 2.48. The number of hydrazine groups is 1. The molecule has 0 amide bonds. The summed E-state index contributed by atoms with van der Waals surface area (Å²) in [6.45, 7) is 3.86. The van der Waals surface area contributed by atoms with Crippen LogP contribution in [0.3, 0.4) is 0 Å². The number of fused-ring (bicyclic) bond motifs is 1. The molecular formula is C8H11N5. The molecule has 0 saturated carbocycles. The molecule has 68 valence electrons. The second kappa shape index (κ2) is 2.77. The Morgan fingerprint density at radius 3 is 2.62 bits per heavy atom. The Hall–Kier alpha value is -1.49. The Morgan fingerprint density at radius 1 is 1.23 bits per heavy atom. The lowest BCUT2D eigenvalue weighted by Gasteiger charge is -2.00. The summed E-state index contributed by atoms with van der Waals surface area (Å²) in [6.07, 6.45) is 0.653. The predicted octanol–water partition coefficient (Wildman–Crippen LogP) is 0.143. The van der Waals surface area contributed by atoms with Crippen molar-refractivity contribution in [2.24, 2.45) is 10.8 Å². The molecule has 0 aromatic carbocycles. The van der Waals surface area contributed by atoms with Crippen LogP contribution in [0.5, 0.6) is 0 Å². The highest BCUT2D eigenvalue weighted by molar-refractivity contribution is 5.90. The van der Waals surface area contributed by atoms with Gasteiger partial charge in [-0.2, -0.15) is 0 Å². The molecule has 0 unspecified atom stereocenters. The molecule has 1 aliphatic rings. The van der Waals surface area contributed by atoms with E-state index in [2.05, 4.69) is 20.4 Å². The van der Waals surface area contributed by atoms with Crippen molar-refractivity contribution in [1.82, 2.24) is 15.4 Å². The first-order valence-corrected chi connectivity index (χ1v) is 4.09. The molecule has 0 aliphatic carbocycles. The van der Waals surface area contributed by atoms with Crippen molar-refractivity contribution in [3.05, 3.63) is 17.1 Å². The van der Waals surface area contributed by atoms with Crippen LogP contribution in [-0.4, -0.2) is 15.8 Å². The minimum atomic E-state index is 0.653. The Bertz CT molecular complexity index is 382. The summed E-state index contributed by atoms with van der Waals surface area (Å²) in [6, 6.07) is 0. The molecule has 1 aromatic rings. The molecule has 5 heteroatoms. The molecule has 3 N–H and O–H groups in total. The second-order valence-electron chi connectivity index (χ2n) is 3.04. The minimum absolute atomic E-state index is 0.653. The molecule has 0 spiro atoms. The highest BCUT2D eigenvalue weighted by Crippen LogP contribution is 2.22. The van der Waals surface area contributed by atoms with E-state index < -0.39 is 0 Å². The third-order valence-electron chi connectivity index (χ3n) is 2.10. The van der Waals surface area contributed by atoms with Crippen LogP contribution in [0.25, 0.3) is 0 Å². The van der Waals surface area contributed by atoms with Gasteiger partial charge in [0, 0.05) is 0 Å². The maximum atomic E-state index is 5.25. The lowest BCUT2D eigenvalue weighted by atomic mass is 10.3. The van der Waals surface area contributed by atoms with Crippen LogP contribution in [0.2, 0.25) is 0 Å². The fourth-order valence-electron chi connectivity index (χ4n) is 1.26. The van der Waals surface area contributed by atoms with E-state index in [1.807, 2.05) is 13.8 Å². The molecular weight excluding hydrogens is 166 g/mol. The van der Waals surface area contributed by atoms with Crippen LogP contribution in [0.1, 0.15) is 17.1 Å². The zero-order valence-corrected chi connectivity index (χ0v) is 7.63. The van der Waals surface area contributed by atoms with Crippen molar-refractivity contribution in [1.29, 1.82) is 0 Å². The van der Waals surface area contributed by atoms with E-state index in [-0.39, 0.29) is 0 Å². The lowest BCUT2D eigenvalue weighted by Crippen LogP contribution is -2.30. The molecule has 5 nitrogen and oxygen atoms in total. The summed E-state index contributed by atoms with van der Waals surface area (Å²) in [4.78, 5) is 12.9. The molecule has 2 heterocycles. The first-order chi connectivity index (χ1) is 6.20. The van der Waals surface area contributed by atoms with Gasteiger partial charge >= 0.3 is 0 Å². The van der Waals surface area contributed by atoms with Crippen LogP contribution >= 0.6 is 0 Å². The smallest absolute Gasteiger partial charge is 0.176 e. The van der Waals surface area contributed by atoms with Gasteiger partial charge in [0.05, 0.1) is 23.5 Å². The number of aryl methyl sites for hydroxylation is 2. The summed E-state index contributed by atoms with van der Waals surface area (Å²) >= 11 is 0. The SMILES string of the molecule is Cc1nc2c(nc1C)N=C(NN)C2. The topological polar surface area (TPSA) is 76.2 Å². The fraction of sp³-hybridized carbons (Fsp3) is 0.375. The highest BCUT2D eigenvalue weighted by Gasteiger charge is 2.17. The third kappa shape index (κ3) is 1.27. The van der Waals surface area contributed by atoms with E-state index in [1.165, 1.54) is 0 Å². The number of nitrogens with two attached hydrogens (primary N) is 1. The van der Waals surface area contributed by atoms with E-state index >= 15 is 0 Å². The molecule has 2 rings (SSSR count). The second-order valence-corrected chi connectivity index (χ2v) is 3.04. The standard InChI is InChI=1S/C8H11N5/c1-4-5(2)11-8-6(10-4)3-7(12-8)13-9/h3,9H2,1-2H3,(H,11,12,13). The van der Waals surface area contributed by atoms with Crippen molar-refractivity contribution in [3.8, 4) is 0 Å². The Morgan fingerprint density at radius 2 is 1.92 bits per heavy atom. The van der Waals surface area contributed by atoms with E-state index in [4.69, 9.17) is 5.84 Å². The maximum absolute atomic E-state index is 5.25. The number of nitrogens with zero attached hydrogens (tertiary/aromatic N) is 3. The van der Waals surface area contributed by atoms with E-state index in [1.54, 1.807) is 0 Å². The average molecular weight is 177 g/mol. The van der Waals surface area contributed by atoms with Gasteiger partial charge in [-0.1, -0.05) is 0 Å². The number of aliphatic imine (C=N–C) groups is 1. The third-order valence-corrected chi connectivity index (χ3v) is 2.10. The van der Waals surface area contributed by atoms with Crippen LogP contribution in [0.4, 0.5) is 5.82 Å². The van der Waals surface area contributed by atoms with E-state index in [0.29, 0.717) is 12.2 Å². The number of aromatic nitrogens is 2. The number of hydrogen-bond acceptors (Lipinski definition) is 5. The van der Waals surface area contributed by atoms with Gasteiger partial charge in [-0.15, -0.1) is 0 Å². The van der Waals surface area contributed by atoms with Crippen LogP contribution in [0.15, 0.2) is 4.99 Å². The summed E-state index contributed by atoms with van der Waals surface area (Å²) in [7, 11) is 0. The maximum Gasteiger partial charge on any atom is 0.176 e. The normalized spacial score (nSPS) is 13.9. The number of hydrogen-bond donors (Lipinski definition) is 2. The molecule has 1 aromatic heterocycles. The molecule has 0 saturated heterocycles. The van der Waals surface area contributed by atoms with E-state index in [0.717, 1.165) is 22.9 Å². The molecule has 13 heavy (non-hydrogen) atoms. The Labute approximate surface area is 76.1 Å². The molecule has 0 radical (unpaired) electrons. The van der Waals surface area contributed by atoms with Crippen molar-refractivity contribution in [3.63, 3.8) is 0 Å². The zero-order valence-electron chi connectivity index (χ0n) is 7.63. The Kier molecular flexibility index (Phi) is 1.73. The van der Waals surface area contributed by atoms with Crippen molar-refractivity contribution < 1.29 is 0 Å². The quantitative estimate of drug-likeness (QED) is 0.436. The number of rotatable bonds is 0. The predicted molar refractivity (Wildman–Crippen MR) is 49.6 cm³/mol. The van der Waals surface area contributed by atoms with Gasteiger partial charge in [-0.05, 0) is 13.8 Å². The van der Waals surface area contributed by atoms with Gasteiger partial charge in [-0.3, -0.25) is 4.98 Å². The largest absolute Gasteiger partial charge is 0.312 e. The molecule has 1 aliphatic heterocycles. The number of amidine groups is 1. The van der Waals surface area contributed by atoms with Crippen LogP contribution in [-0.2, 0) is 6.42 Å². The zero-order chi connectivity index (χ0) is 9.42. The van der Waals surface area contributed by atoms with Crippen molar-refractivity contribution in [2.45, 2.75) is 20.3 Å². The summed E-state index contributed by atoms with van der Waals surface area (Å²) in [5.74, 6) is 6.67. The van der Waals surface area contributed by atoms with Gasteiger partial charge in [0.2, 0.25) is 0 Å². The van der Waals surface area contributed by atoms with Crippen molar-refractivity contribution >= 4 is 11.7 Å². The first-order valence-electron chi connectivity index (χ1n) is 4.09. The first kappa shape index (κ1) is 8.12. The number of nitrogens with one attached hydrogen (secondary N) is 1. The van der Waals surface area contributed by atoms with Gasteiger partial charge in [0.15, 0.2) is 5.82 Å². The highest BCUT2D eigenvalue weighted by atomic mass is 15.3. The van der Waals surface area contributed by atoms with E-state index in [9.17, 15) is 0 Å². The Balaban J connectivity index is 2.46. The molecule has 0 atom stereocenters. The van der Waals surface area contributed by atoms with Crippen LogP contribution in [0, 0.1) is 13.8 Å². The summed E-state index contributed by atoms with van der Waals surface area (Å²) in [5.41, 5.74) is 5.29. The molecule has 0 bridgehead atoms. The lowest BCUT2D eigenvalue weighted by molar-refractivity contribution is 0.979. The van der Waals surface area contributed by atoms with Gasteiger partial charge in [-0.25, -0.2) is 15.8 Å². The van der Waals surface area contributed by atoms with Gasteiger partial charge in [0.25, 0.3) is 0 Å². The summed E-state index contributed by atoms with van der Waals surface area (Å²) in [5, 5.41) is 0. The summed E-state index contributed by atoms with van der Waals surface area (Å²) < 4.78 is 0. The fourth-order valence-corrected chi connectivity index (χ4v) is 1.26.